The number of halogens is 2. The smallest absolute Gasteiger partial charge is 0.129 e. The van der Waals surface area contributed by atoms with Gasteiger partial charge in [-0.15, -0.1) is 0 Å². The number of aliphatic hydroxyl groups is 1. The molecule has 0 saturated carbocycles. The highest BCUT2D eigenvalue weighted by Crippen LogP contribution is 2.25. The van der Waals surface area contributed by atoms with Gasteiger partial charge in [-0.2, -0.15) is 0 Å². The molecular formula is C13H16F2O2. The molecule has 1 aromatic carbocycles. The zero-order valence-corrected chi connectivity index (χ0v) is 9.53. The van der Waals surface area contributed by atoms with E-state index in [-0.39, 0.29) is 11.7 Å². The predicted octanol–water partition coefficient (Wildman–Crippen LogP) is 2.96. The van der Waals surface area contributed by atoms with Crippen molar-refractivity contribution in [3.63, 3.8) is 0 Å². The standard InChI is InChI=1S/C13H16F2O2/c14-9-3-5-12(15)11(8-9)13(16)6-4-10-2-1-7-17-10/h3,5,8,10,13,16H,1-2,4,6-7H2. The van der Waals surface area contributed by atoms with E-state index in [1.165, 1.54) is 0 Å². The van der Waals surface area contributed by atoms with Gasteiger partial charge in [0.2, 0.25) is 0 Å². The first-order chi connectivity index (χ1) is 8.16. The lowest BCUT2D eigenvalue weighted by Gasteiger charge is -2.14. The third-order valence-electron chi connectivity index (χ3n) is 3.10. The van der Waals surface area contributed by atoms with Crippen LogP contribution in [0.3, 0.4) is 0 Å². The summed E-state index contributed by atoms with van der Waals surface area (Å²) in [6.45, 7) is 0.759. The normalized spacial score (nSPS) is 21.7. The van der Waals surface area contributed by atoms with Crippen LogP contribution in [0.4, 0.5) is 8.78 Å². The number of ether oxygens (including phenoxy) is 1. The van der Waals surface area contributed by atoms with E-state index in [1.807, 2.05) is 0 Å². The van der Waals surface area contributed by atoms with Crippen LogP contribution in [-0.4, -0.2) is 17.8 Å². The largest absolute Gasteiger partial charge is 0.388 e. The van der Waals surface area contributed by atoms with Crippen molar-refractivity contribution in [3.05, 3.63) is 35.4 Å². The molecule has 0 radical (unpaired) electrons. The van der Waals surface area contributed by atoms with Crippen molar-refractivity contribution in [2.75, 3.05) is 6.61 Å². The van der Waals surface area contributed by atoms with Crippen molar-refractivity contribution in [2.45, 2.75) is 37.9 Å². The van der Waals surface area contributed by atoms with E-state index in [9.17, 15) is 13.9 Å². The quantitative estimate of drug-likeness (QED) is 0.879. The molecule has 1 heterocycles. The summed E-state index contributed by atoms with van der Waals surface area (Å²) < 4.78 is 31.7. The summed E-state index contributed by atoms with van der Waals surface area (Å²) >= 11 is 0. The number of hydrogen-bond acceptors (Lipinski definition) is 2. The Labute approximate surface area is 99.2 Å². The second-order valence-corrected chi connectivity index (χ2v) is 4.39. The molecule has 0 aromatic heterocycles. The fourth-order valence-electron chi connectivity index (χ4n) is 2.14. The van der Waals surface area contributed by atoms with Gasteiger partial charge in [-0.05, 0) is 43.9 Å². The second kappa shape index (κ2) is 5.56. The average molecular weight is 242 g/mol. The van der Waals surface area contributed by atoms with Crippen LogP contribution in [0, 0.1) is 11.6 Å². The first kappa shape index (κ1) is 12.5. The summed E-state index contributed by atoms with van der Waals surface area (Å²) in [4.78, 5) is 0. The van der Waals surface area contributed by atoms with Gasteiger partial charge in [0.05, 0.1) is 12.2 Å². The van der Waals surface area contributed by atoms with E-state index < -0.39 is 17.7 Å². The van der Waals surface area contributed by atoms with Crippen LogP contribution in [0.25, 0.3) is 0 Å². The molecule has 0 bridgehead atoms. The van der Waals surface area contributed by atoms with Crippen molar-refractivity contribution in [1.29, 1.82) is 0 Å². The van der Waals surface area contributed by atoms with Crippen LogP contribution in [0.2, 0.25) is 0 Å². The molecule has 0 amide bonds. The van der Waals surface area contributed by atoms with Crippen molar-refractivity contribution in [3.8, 4) is 0 Å². The van der Waals surface area contributed by atoms with E-state index in [0.717, 1.165) is 37.6 Å². The highest BCUT2D eigenvalue weighted by Gasteiger charge is 2.19. The maximum Gasteiger partial charge on any atom is 0.129 e. The van der Waals surface area contributed by atoms with Crippen molar-refractivity contribution >= 4 is 0 Å². The number of hydrogen-bond donors (Lipinski definition) is 1. The molecule has 1 aliphatic heterocycles. The number of rotatable bonds is 4. The molecule has 1 saturated heterocycles. The van der Waals surface area contributed by atoms with E-state index >= 15 is 0 Å². The van der Waals surface area contributed by atoms with Crippen molar-refractivity contribution < 1.29 is 18.6 Å². The summed E-state index contributed by atoms with van der Waals surface area (Å²) in [5, 5.41) is 9.82. The van der Waals surface area contributed by atoms with Crippen molar-refractivity contribution in [1.82, 2.24) is 0 Å². The summed E-state index contributed by atoms with van der Waals surface area (Å²) in [6, 6.07) is 3.14. The molecule has 1 aromatic rings. The Morgan fingerprint density at radius 3 is 2.94 bits per heavy atom. The predicted molar refractivity (Wildman–Crippen MR) is 59.5 cm³/mol. The van der Waals surface area contributed by atoms with Crippen LogP contribution in [0.1, 0.15) is 37.4 Å². The molecule has 2 unspecified atom stereocenters. The fourth-order valence-corrected chi connectivity index (χ4v) is 2.14. The van der Waals surface area contributed by atoms with Gasteiger partial charge in [-0.3, -0.25) is 0 Å². The van der Waals surface area contributed by atoms with Crippen LogP contribution >= 0.6 is 0 Å². The molecule has 1 fully saturated rings. The van der Waals surface area contributed by atoms with Gasteiger partial charge in [0.15, 0.2) is 0 Å². The summed E-state index contributed by atoms with van der Waals surface area (Å²) in [6.07, 6.45) is 2.28. The van der Waals surface area contributed by atoms with Gasteiger partial charge < -0.3 is 9.84 Å². The van der Waals surface area contributed by atoms with Gasteiger partial charge in [-0.25, -0.2) is 8.78 Å². The van der Waals surface area contributed by atoms with E-state index in [0.29, 0.717) is 12.8 Å². The molecule has 4 heteroatoms. The maximum absolute atomic E-state index is 13.4. The van der Waals surface area contributed by atoms with Gasteiger partial charge in [-0.1, -0.05) is 0 Å². The van der Waals surface area contributed by atoms with Gasteiger partial charge in [0.25, 0.3) is 0 Å². The Hall–Kier alpha value is -1.00. The molecule has 0 spiro atoms. The lowest BCUT2D eigenvalue weighted by atomic mass is 10.0. The average Bonchev–Trinajstić information content (AvgIpc) is 2.82. The molecule has 2 nitrogen and oxygen atoms in total. The Morgan fingerprint density at radius 2 is 2.24 bits per heavy atom. The van der Waals surface area contributed by atoms with E-state index in [2.05, 4.69) is 0 Å². The lowest BCUT2D eigenvalue weighted by molar-refractivity contribution is 0.0802. The summed E-state index contributed by atoms with van der Waals surface area (Å²) in [7, 11) is 0. The molecule has 1 N–H and O–H groups in total. The lowest BCUT2D eigenvalue weighted by Crippen LogP contribution is -2.09. The summed E-state index contributed by atoms with van der Waals surface area (Å²) in [5.41, 5.74) is 0.0306. The highest BCUT2D eigenvalue weighted by molar-refractivity contribution is 5.20. The molecule has 2 rings (SSSR count). The van der Waals surface area contributed by atoms with E-state index in [1.54, 1.807) is 0 Å². The number of aliphatic hydroxyl groups excluding tert-OH is 1. The first-order valence-corrected chi connectivity index (χ1v) is 5.91. The maximum atomic E-state index is 13.4. The van der Waals surface area contributed by atoms with Crippen LogP contribution in [0.5, 0.6) is 0 Å². The SMILES string of the molecule is OC(CCC1CCCO1)c1cc(F)ccc1F. The minimum Gasteiger partial charge on any atom is -0.388 e. The van der Waals surface area contributed by atoms with Gasteiger partial charge in [0, 0.05) is 12.2 Å². The molecule has 1 aliphatic rings. The van der Waals surface area contributed by atoms with Crippen LogP contribution in [-0.2, 0) is 4.74 Å². The third-order valence-corrected chi connectivity index (χ3v) is 3.10. The topological polar surface area (TPSA) is 29.5 Å². The Kier molecular flexibility index (Phi) is 4.07. The molecule has 17 heavy (non-hydrogen) atoms. The van der Waals surface area contributed by atoms with Crippen LogP contribution < -0.4 is 0 Å². The fraction of sp³-hybridized carbons (Fsp3) is 0.538. The first-order valence-electron chi connectivity index (χ1n) is 5.91. The van der Waals surface area contributed by atoms with E-state index in [4.69, 9.17) is 4.74 Å². The molecule has 2 atom stereocenters. The zero-order chi connectivity index (χ0) is 12.3. The summed E-state index contributed by atoms with van der Waals surface area (Å²) in [5.74, 6) is -1.09. The molecular weight excluding hydrogens is 226 g/mol. The number of benzene rings is 1. The molecule has 0 aliphatic carbocycles. The highest BCUT2D eigenvalue weighted by atomic mass is 19.1. The van der Waals surface area contributed by atoms with Crippen molar-refractivity contribution in [2.24, 2.45) is 0 Å². The second-order valence-electron chi connectivity index (χ2n) is 4.39. The van der Waals surface area contributed by atoms with Gasteiger partial charge >= 0.3 is 0 Å². The Bertz CT molecular complexity index is 376. The zero-order valence-electron chi connectivity index (χ0n) is 9.53. The van der Waals surface area contributed by atoms with Crippen LogP contribution in [0.15, 0.2) is 18.2 Å². The Balaban J connectivity index is 1.93. The minimum atomic E-state index is -0.963. The minimum absolute atomic E-state index is 0.0306. The molecule has 94 valence electrons. The van der Waals surface area contributed by atoms with Gasteiger partial charge in [0.1, 0.15) is 11.6 Å². The Morgan fingerprint density at radius 1 is 1.41 bits per heavy atom. The monoisotopic (exact) mass is 242 g/mol. The third kappa shape index (κ3) is 3.23.